The van der Waals surface area contributed by atoms with Crippen molar-refractivity contribution in [3.8, 4) is 16.9 Å². The molecule has 2 N–H and O–H groups in total. The second-order valence-electron chi connectivity index (χ2n) is 7.36. The SMILES string of the molecule is Cc1cccc(CNc2ncc(-c3cc(OCC(=O)N(C)C)c(Cl)c(C(=O)O)c3)cn2)c1. The molecule has 2 aromatic carbocycles. The van der Waals surface area contributed by atoms with E-state index in [0.29, 0.717) is 23.6 Å². The molecule has 0 aliphatic heterocycles. The zero-order valence-electron chi connectivity index (χ0n) is 17.9. The molecule has 1 heterocycles. The van der Waals surface area contributed by atoms with Crippen molar-refractivity contribution in [1.82, 2.24) is 14.9 Å². The molecule has 0 bridgehead atoms. The summed E-state index contributed by atoms with van der Waals surface area (Å²) in [6.45, 7) is 2.33. The molecule has 1 aromatic heterocycles. The van der Waals surface area contributed by atoms with Crippen LogP contribution < -0.4 is 10.1 Å². The number of carbonyl (C=O) groups excluding carboxylic acids is 1. The number of nitrogens with zero attached hydrogens (tertiary/aromatic N) is 3. The highest BCUT2D eigenvalue weighted by molar-refractivity contribution is 6.35. The quantitative estimate of drug-likeness (QED) is 0.532. The Balaban J connectivity index is 1.81. The minimum atomic E-state index is -1.21. The van der Waals surface area contributed by atoms with E-state index in [1.165, 1.54) is 16.5 Å². The zero-order valence-corrected chi connectivity index (χ0v) is 18.7. The fourth-order valence-corrected chi connectivity index (χ4v) is 3.11. The molecule has 0 aliphatic carbocycles. The maximum Gasteiger partial charge on any atom is 0.337 e. The minimum Gasteiger partial charge on any atom is -0.482 e. The van der Waals surface area contributed by atoms with Gasteiger partial charge in [0.25, 0.3) is 5.91 Å². The zero-order chi connectivity index (χ0) is 23.3. The molecule has 0 atom stereocenters. The van der Waals surface area contributed by atoms with Crippen LogP contribution in [0.15, 0.2) is 48.8 Å². The summed E-state index contributed by atoms with van der Waals surface area (Å²) in [6.07, 6.45) is 3.16. The molecule has 166 valence electrons. The topological polar surface area (TPSA) is 105 Å². The lowest BCUT2D eigenvalue weighted by Gasteiger charge is -2.14. The second-order valence-corrected chi connectivity index (χ2v) is 7.73. The van der Waals surface area contributed by atoms with Gasteiger partial charge in [-0.25, -0.2) is 14.8 Å². The van der Waals surface area contributed by atoms with Crippen molar-refractivity contribution in [2.45, 2.75) is 13.5 Å². The van der Waals surface area contributed by atoms with E-state index in [4.69, 9.17) is 16.3 Å². The Morgan fingerprint density at radius 2 is 1.84 bits per heavy atom. The summed E-state index contributed by atoms with van der Waals surface area (Å²) in [5.41, 5.74) is 3.22. The van der Waals surface area contributed by atoms with E-state index in [1.54, 1.807) is 32.6 Å². The van der Waals surface area contributed by atoms with Crippen LogP contribution in [0.1, 0.15) is 21.5 Å². The summed E-state index contributed by atoms with van der Waals surface area (Å²) >= 11 is 6.19. The van der Waals surface area contributed by atoms with E-state index in [0.717, 1.165) is 5.56 Å². The van der Waals surface area contributed by atoms with Gasteiger partial charge in [0, 0.05) is 38.6 Å². The van der Waals surface area contributed by atoms with Crippen molar-refractivity contribution in [2.75, 3.05) is 26.0 Å². The minimum absolute atomic E-state index is 0.0786. The number of likely N-dealkylation sites (N-methyl/N-ethyl adjacent to an activating group) is 1. The summed E-state index contributed by atoms with van der Waals surface area (Å²) in [5.74, 6) is -0.956. The monoisotopic (exact) mass is 454 g/mol. The molecule has 1 amide bonds. The molecule has 0 saturated heterocycles. The van der Waals surface area contributed by atoms with Crippen molar-refractivity contribution in [3.63, 3.8) is 0 Å². The van der Waals surface area contributed by atoms with E-state index in [2.05, 4.69) is 21.4 Å². The number of hydrogen-bond donors (Lipinski definition) is 2. The summed E-state index contributed by atoms with van der Waals surface area (Å²) in [6, 6.07) is 11.1. The Labute approximate surface area is 190 Å². The van der Waals surface area contributed by atoms with Gasteiger partial charge >= 0.3 is 5.97 Å². The van der Waals surface area contributed by atoms with Gasteiger partial charge in [-0.15, -0.1) is 0 Å². The maximum absolute atomic E-state index is 11.8. The molecule has 9 heteroatoms. The predicted molar refractivity (Wildman–Crippen MR) is 122 cm³/mol. The van der Waals surface area contributed by atoms with E-state index in [1.807, 2.05) is 25.1 Å². The molecular formula is C23H23ClN4O4. The van der Waals surface area contributed by atoms with Crippen LogP contribution in [-0.2, 0) is 11.3 Å². The van der Waals surface area contributed by atoms with Gasteiger partial charge in [0.1, 0.15) is 5.75 Å². The molecule has 0 aliphatic rings. The van der Waals surface area contributed by atoms with Crippen molar-refractivity contribution in [3.05, 3.63) is 70.5 Å². The van der Waals surface area contributed by atoms with Gasteiger partial charge in [-0.1, -0.05) is 41.4 Å². The lowest BCUT2D eigenvalue weighted by Crippen LogP contribution is -2.27. The molecule has 32 heavy (non-hydrogen) atoms. The number of ether oxygens (including phenoxy) is 1. The van der Waals surface area contributed by atoms with Crippen molar-refractivity contribution in [1.29, 1.82) is 0 Å². The molecule has 0 unspecified atom stereocenters. The van der Waals surface area contributed by atoms with E-state index >= 15 is 0 Å². The second kappa shape index (κ2) is 10.1. The van der Waals surface area contributed by atoms with Gasteiger partial charge < -0.3 is 20.1 Å². The third kappa shape index (κ3) is 5.73. The highest BCUT2D eigenvalue weighted by Gasteiger charge is 2.18. The molecule has 3 rings (SSSR count). The predicted octanol–water partition coefficient (Wildman–Crippen LogP) is 3.88. The fraction of sp³-hybridized carbons (Fsp3) is 0.217. The molecule has 8 nitrogen and oxygen atoms in total. The molecular weight excluding hydrogens is 432 g/mol. The molecule has 0 saturated carbocycles. The number of hydrogen-bond acceptors (Lipinski definition) is 6. The van der Waals surface area contributed by atoms with Gasteiger partial charge in [0.05, 0.1) is 10.6 Å². The molecule has 0 fully saturated rings. The summed E-state index contributed by atoms with van der Waals surface area (Å²) in [5, 5.41) is 12.6. The van der Waals surface area contributed by atoms with E-state index in [-0.39, 0.29) is 28.8 Å². The van der Waals surface area contributed by atoms with Gasteiger partial charge in [-0.2, -0.15) is 0 Å². The highest BCUT2D eigenvalue weighted by Crippen LogP contribution is 2.34. The normalized spacial score (nSPS) is 10.5. The first-order valence-corrected chi connectivity index (χ1v) is 10.1. The number of aromatic carboxylic acids is 1. The number of carbonyl (C=O) groups is 2. The standard InChI is InChI=1S/C23H23ClN4O4/c1-14-5-4-6-15(7-14)10-25-23-26-11-17(12-27-23)16-8-18(22(30)31)21(24)19(9-16)32-13-20(29)28(2)3/h4-9,11-12H,10,13H2,1-3H3,(H,30,31)(H,25,26,27). The Morgan fingerprint density at radius 1 is 1.12 bits per heavy atom. The van der Waals surface area contributed by atoms with Crippen LogP contribution in [0, 0.1) is 6.92 Å². The van der Waals surface area contributed by atoms with Gasteiger partial charge in [-0.3, -0.25) is 4.79 Å². The number of amides is 1. The lowest BCUT2D eigenvalue weighted by molar-refractivity contribution is -0.130. The third-order valence-corrected chi connectivity index (χ3v) is 5.03. The van der Waals surface area contributed by atoms with Crippen LogP contribution in [0.2, 0.25) is 5.02 Å². The third-order valence-electron chi connectivity index (χ3n) is 4.64. The summed E-state index contributed by atoms with van der Waals surface area (Å²) in [7, 11) is 3.19. The number of aryl methyl sites for hydroxylation is 1. The number of carboxylic acids is 1. The largest absolute Gasteiger partial charge is 0.482 e. The smallest absolute Gasteiger partial charge is 0.337 e. The molecule has 3 aromatic rings. The number of rotatable bonds is 8. The van der Waals surface area contributed by atoms with E-state index < -0.39 is 5.97 Å². The van der Waals surface area contributed by atoms with Gasteiger partial charge in [0.15, 0.2) is 6.61 Å². The van der Waals surface area contributed by atoms with Crippen molar-refractivity contribution in [2.24, 2.45) is 0 Å². The average molecular weight is 455 g/mol. The molecule has 0 radical (unpaired) electrons. The summed E-state index contributed by atoms with van der Waals surface area (Å²) in [4.78, 5) is 33.5. The first kappa shape index (κ1) is 23.0. The number of carboxylic acid groups (broad SMARTS) is 1. The van der Waals surface area contributed by atoms with Crippen LogP contribution in [0.4, 0.5) is 5.95 Å². The van der Waals surface area contributed by atoms with Crippen LogP contribution in [0.5, 0.6) is 5.75 Å². The van der Waals surface area contributed by atoms with Crippen LogP contribution in [-0.4, -0.2) is 52.6 Å². The van der Waals surface area contributed by atoms with Crippen LogP contribution in [0.3, 0.4) is 0 Å². The van der Waals surface area contributed by atoms with Gasteiger partial charge in [-0.05, 0) is 30.2 Å². The number of aromatic nitrogens is 2. The number of nitrogens with one attached hydrogen (secondary N) is 1. The number of anilines is 1. The maximum atomic E-state index is 11.8. The van der Waals surface area contributed by atoms with Crippen molar-refractivity contribution >= 4 is 29.4 Å². The highest BCUT2D eigenvalue weighted by atomic mass is 35.5. The Bertz CT molecular complexity index is 1130. The van der Waals surface area contributed by atoms with Crippen LogP contribution >= 0.6 is 11.6 Å². The van der Waals surface area contributed by atoms with Crippen molar-refractivity contribution < 1.29 is 19.4 Å². The number of halogens is 1. The van der Waals surface area contributed by atoms with Crippen LogP contribution in [0.25, 0.3) is 11.1 Å². The first-order chi connectivity index (χ1) is 15.2. The Morgan fingerprint density at radius 3 is 2.47 bits per heavy atom. The first-order valence-electron chi connectivity index (χ1n) is 9.76. The fourth-order valence-electron chi connectivity index (χ4n) is 2.87. The summed E-state index contributed by atoms with van der Waals surface area (Å²) < 4.78 is 5.49. The van der Waals surface area contributed by atoms with Gasteiger partial charge in [0.2, 0.25) is 5.95 Å². The Kier molecular flexibility index (Phi) is 7.27. The number of benzene rings is 2. The van der Waals surface area contributed by atoms with E-state index in [9.17, 15) is 14.7 Å². The Hall–Kier alpha value is -3.65. The lowest BCUT2D eigenvalue weighted by atomic mass is 10.0. The molecule has 0 spiro atoms. The average Bonchev–Trinajstić information content (AvgIpc) is 2.77.